The van der Waals surface area contributed by atoms with Crippen molar-refractivity contribution in [3.8, 4) is 0 Å². The van der Waals surface area contributed by atoms with Gasteiger partial charge in [-0.05, 0) is 24.1 Å². The summed E-state index contributed by atoms with van der Waals surface area (Å²) in [7, 11) is 1.48. The Morgan fingerprint density at radius 3 is 3.10 bits per heavy atom. The van der Waals surface area contributed by atoms with Gasteiger partial charge in [-0.1, -0.05) is 17.7 Å². The number of carbonyl (C=O) groups is 1. The van der Waals surface area contributed by atoms with Gasteiger partial charge in [-0.25, -0.2) is 4.39 Å². The Bertz CT molecular complexity index is 515. The molecule has 3 unspecified atom stereocenters. The van der Waals surface area contributed by atoms with E-state index in [4.69, 9.17) is 26.8 Å². The van der Waals surface area contributed by atoms with Crippen molar-refractivity contribution in [2.24, 2.45) is 5.73 Å². The van der Waals surface area contributed by atoms with Crippen LogP contribution >= 0.6 is 11.6 Å². The van der Waals surface area contributed by atoms with Gasteiger partial charge in [0, 0.05) is 13.7 Å². The molecule has 0 bridgehead atoms. The van der Waals surface area contributed by atoms with Gasteiger partial charge in [0.1, 0.15) is 18.0 Å². The molecule has 1 saturated heterocycles. The Hall–Kier alpha value is -1.21. The molecule has 1 aromatic carbocycles. The molecule has 0 spiro atoms. The lowest BCUT2D eigenvalue weighted by molar-refractivity contribution is -0.124. The van der Waals surface area contributed by atoms with Gasteiger partial charge < -0.3 is 20.5 Å². The molecule has 7 heteroatoms. The Balaban J connectivity index is 2.06. The minimum atomic E-state index is -0.738. The van der Waals surface area contributed by atoms with Crippen LogP contribution in [0, 0.1) is 5.82 Å². The van der Waals surface area contributed by atoms with Gasteiger partial charge in [-0.2, -0.15) is 0 Å². The van der Waals surface area contributed by atoms with E-state index >= 15 is 0 Å². The van der Waals surface area contributed by atoms with Crippen LogP contribution in [0.4, 0.5) is 4.39 Å². The Morgan fingerprint density at radius 2 is 2.43 bits per heavy atom. The minimum Gasteiger partial charge on any atom is -0.383 e. The van der Waals surface area contributed by atoms with E-state index in [1.165, 1.54) is 19.2 Å². The summed E-state index contributed by atoms with van der Waals surface area (Å²) in [6.45, 7) is 0.624. The van der Waals surface area contributed by atoms with Gasteiger partial charge >= 0.3 is 0 Å². The highest BCUT2D eigenvalue weighted by Crippen LogP contribution is 2.31. The van der Waals surface area contributed by atoms with E-state index in [2.05, 4.69) is 5.32 Å². The molecule has 3 atom stereocenters. The first-order valence-corrected chi connectivity index (χ1v) is 7.02. The Morgan fingerprint density at radius 1 is 1.67 bits per heavy atom. The first-order chi connectivity index (χ1) is 10.0. The third-order valence-electron chi connectivity index (χ3n) is 3.37. The van der Waals surface area contributed by atoms with E-state index in [1.807, 2.05) is 0 Å². The van der Waals surface area contributed by atoms with Crippen molar-refractivity contribution in [1.29, 1.82) is 0 Å². The fourth-order valence-electron chi connectivity index (χ4n) is 2.30. The number of benzene rings is 1. The molecule has 21 heavy (non-hydrogen) atoms. The van der Waals surface area contributed by atoms with Crippen molar-refractivity contribution in [2.45, 2.75) is 24.6 Å². The molecule has 1 fully saturated rings. The van der Waals surface area contributed by atoms with Crippen molar-refractivity contribution in [1.82, 2.24) is 5.32 Å². The zero-order chi connectivity index (χ0) is 15.4. The number of hydrogen-bond donors (Lipinski definition) is 2. The molecule has 1 aliphatic rings. The second kappa shape index (κ2) is 7.17. The van der Waals surface area contributed by atoms with Crippen LogP contribution in [0.2, 0.25) is 5.02 Å². The standard InChI is InChI=1S/C14H18ClFN2O3/c1-20-7-11(17)14(19)18-12-4-5-21-13(12)8-2-3-9(15)10(16)6-8/h2-3,6,11-13H,4-5,7,17H2,1H3,(H,18,19). The highest BCUT2D eigenvalue weighted by atomic mass is 35.5. The largest absolute Gasteiger partial charge is 0.383 e. The SMILES string of the molecule is COCC(N)C(=O)NC1CCOC1c1ccc(Cl)c(F)c1. The maximum absolute atomic E-state index is 13.5. The molecule has 0 aliphatic carbocycles. The zero-order valence-electron chi connectivity index (χ0n) is 11.6. The van der Waals surface area contributed by atoms with Gasteiger partial charge in [0.05, 0.1) is 17.7 Å². The summed E-state index contributed by atoms with van der Waals surface area (Å²) < 4.78 is 24.0. The molecule has 0 radical (unpaired) electrons. The molecule has 3 N–H and O–H groups in total. The second-order valence-corrected chi connectivity index (χ2v) is 5.34. The monoisotopic (exact) mass is 316 g/mol. The van der Waals surface area contributed by atoms with Gasteiger partial charge in [0.2, 0.25) is 5.91 Å². The topological polar surface area (TPSA) is 73.6 Å². The number of nitrogens with one attached hydrogen (secondary N) is 1. The van der Waals surface area contributed by atoms with Crippen molar-refractivity contribution in [3.63, 3.8) is 0 Å². The van der Waals surface area contributed by atoms with Crippen LogP contribution in [0.1, 0.15) is 18.1 Å². The number of rotatable bonds is 5. The summed E-state index contributed by atoms with van der Waals surface area (Å²) in [5, 5.41) is 2.88. The molecule has 1 amide bonds. The molecule has 2 rings (SSSR count). The summed E-state index contributed by atoms with van der Waals surface area (Å²) in [6.07, 6.45) is 0.232. The summed E-state index contributed by atoms with van der Waals surface area (Å²) in [6, 6.07) is 3.50. The molecule has 1 aliphatic heterocycles. The van der Waals surface area contributed by atoms with Gasteiger partial charge in [0.15, 0.2) is 0 Å². The average Bonchev–Trinajstić information content (AvgIpc) is 2.90. The van der Waals surface area contributed by atoms with Gasteiger partial charge in [-0.15, -0.1) is 0 Å². The summed E-state index contributed by atoms with van der Waals surface area (Å²) in [4.78, 5) is 11.9. The van der Waals surface area contributed by atoms with Crippen LogP contribution < -0.4 is 11.1 Å². The van der Waals surface area contributed by atoms with Crippen LogP contribution in [0.15, 0.2) is 18.2 Å². The predicted octanol–water partition coefficient (Wildman–Crippen LogP) is 1.40. The number of ether oxygens (including phenoxy) is 2. The molecule has 5 nitrogen and oxygen atoms in total. The van der Waals surface area contributed by atoms with Crippen LogP contribution in [-0.4, -0.2) is 38.3 Å². The first kappa shape index (κ1) is 16.2. The van der Waals surface area contributed by atoms with E-state index in [0.717, 1.165) is 0 Å². The molecule has 0 saturated carbocycles. The van der Waals surface area contributed by atoms with Crippen molar-refractivity contribution < 1.29 is 18.7 Å². The number of nitrogens with two attached hydrogens (primary N) is 1. The highest BCUT2D eigenvalue weighted by molar-refractivity contribution is 6.30. The number of carbonyl (C=O) groups excluding carboxylic acids is 1. The first-order valence-electron chi connectivity index (χ1n) is 6.64. The minimum absolute atomic E-state index is 0.0550. The number of hydrogen-bond acceptors (Lipinski definition) is 4. The van der Waals surface area contributed by atoms with Gasteiger partial charge in [-0.3, -0.25) is 4.79 Å². The lowest BCUT2D eigenvalue weighted by Gasteiger charge is -2.22. The summed E-state index contributed by atoms with van der Waals surface area (Å²) in [5.74, 6) is -0.822. The van der Waals surface area contributed by atoms with E-state index in [9.17, 15) is 9.18 Å². The number of halogens is 2. The molecule has 0 aromatic heterocycles. The Labute approximate surface area is 127 Å². The number of methoxy groups -OCH3 is 1. The van der Waals surface area contributed by atoms with Crippen LogP contribution in [0.3, 0.4) is 0 Å². The van der Waals surface area contributed by atoms with E-state index in [-0.39, 0.29) is 23.6 Å². The maximum Gasteiger partial charge on any atom is 0.239 e. The Kier molecular flexibility index (Phi) is 5.52. The third-order valence-corrected chi connectivity index (χ3v) is 3.68. The van der Waals surface area contributed by atoms with E-state index < -0.39 is 18.0 Å². The third kappa shape index (κ3) is 3.91. The van der Waals surface area contributed by atoms with E-state index in [0.29, 0.717) is 18.6 Å². The van der Waals surface area contributed by atoms with Crippen molar-refractivity contribution in [3.05, 3.63) is 34.6 Å². The molecule has 116 valence electrons. The zero-order valence-corrected chi connectivity index (χ0v) is 12.4. The molecular weight excluding hydrogens is 299 g/mol. The lowest BCUT2D eigenvalue weighted by atomic mass is 10.0. The fourth-order valence-corrected chi connectivity index (χ4v) is 2.42. The number of amides is 1. The summed E-state index contributed by atoms with van der Waals surface area (Å²) in [5.41, 5.74) is 6.32. The molecule has 1 aromatic rings. The van der Waals surface area contributed by atoms with Crippen molar-refractivity contribution >= 4 is 17.5 Å². The fraction of sp³-hybridized carbons (Fsp3) is 0.500. The predicted molar refractivity (Wildman–Crippen MR) is 76.5 cm³/mol. The molecular formula is C14H18ClFN2O3. The van der Waals surface area contributed by atoms with Crippen LogP contribution in [0.5, 0.6) is 0 Å². The highest BCUT2D eigenvalue weighted by Gasteiger charge is 2.32. The summed E-state index contributed by atoms with van der Waals surface area (Å²) >= 11 is 5.67. The average molecular weight is 317 g/mol. The maximum atomic E-state index is 13.5. The van der Waals surface area contributed by atoms with Crippen molar-refractivity contribution in [2.75, 3.05) is 20.3 Å². The quantitative estimate of drug-likeness (QED) is 0.861. The van der Waals surface area contributed by atoms with Crippen LogP contribution in [-0.2, 0) is 14.3 Å². The smallest absolute Gasteiger partial charge is 0.239 e. The lowest BCUT2D eigenvalue weighted by Crippen LogP contribution is -2.48. The van der Waals surface area contributed by atoms with E-state index in [1.54, 1.807) is 6.07 Å². The molecule has 1 heterocycles. The van der Waals surface area contributed by atoms with Gasteiger partial charge in [0.25, 0.3) is 0 Å². The van der Waals surface area contributed by atoms with Crippen LogP contribution in [0.25, 0.3) is 0 Å². The second-order valence-electron chi connectivity index (χ2n) is 4.93. The normalized spacial score (nSPS) is 23.0.